The number of ether oxygens (including phenoxy) is 1. The number of benzene rings is 3. The number of likely N-dealkylation sites (tertiary alicyclic amines) is 1. The molecule has 3 aliphatic heterocycles. The van der Waals surface area contributed by atoms with Crippen molar-refractivity contribution in [3.05, 3.63) is 101 Å². The van der Waals surface area contributed by atoms with Crippen LogP contribution in [0.2, 0.25) is 0 Å². The lowest BCUT2D eigenvalue weighted by Gasteiger charge is -2.39. The molecule has 218 valence electrons. The van der Waals surface area contributed by atoms with E-state index in [0.29, 0.717) is 42.9 Å². The lowest BCUT2D eigenvalue weighted by atomic mass is 10.00. The maximum atomic E-state index is 13.9. The predicted octanol–water partition coefficient (Wildman–Crippen LogP) is 3.54. The summed E-state index contributed by atoms with van der Waals surface area (Å²) >= 11 is 0. The molecule has 10 heteroatoms. The van der Waals surface area contributed by atoms with Gasteiger partial charge in [-0.25, -0.2) is 8.78 Å². The Balaban J connectivity index is 1.17. The van der Waals surface area contributed by atoms with Crippen molar-refractivity contribution < 1.29 is 27.9 Å². The number of carbonyl (C=O) groups is 3. The van der Waals surface area contributed by atoms with Gasteiger partial charge in [-0.15, -0.1) is 0 Å². The largest absolute Gasteiger partial charge is 0.487 e. The molecule has 8 nitrogen and oxygen atoms in total. The maximum Gasteiger partial charge on any atom is 0.255 e. The summed E-state index contributed by atoms with van der Waals surface area (Å²) in [6.07, 6.45) is 1.03. The van der Waals surface area contributed by atoms with E-state index < -0.39 is 23.6 Å². The van der Waals surface area contributed by atoms with Crippen LogP contribution in [-0.4, -0.2) is 58.8 Å². The van der Waals surface area contributed by atoms with Crippen LogP contribution in [0.15, 0.2) is 66.7 Å². The molecule has 6 rings (SSSR count). The van der Waals surface area contributed by atoms with E-state index in [2.05, 4.69) is 27.7 Å². The summed E-state index contributed by atoms with van der Waals surface area (Å²) in [5.74, 6) is -2.12. The van der Waals surface area contributed by atoms with Crippen LogP contribution in [0.5, 0.6) is 5.75 Å². The topological polar surface area (TPSA) is 91.0 Å². The summed E-state index contributed by atoms with van der Waals surface area (Å²) < 4.78 is 33.9. The van der Waals surface area contributed by atoms with Gasteiger partial charge in [0.25, 0.3) is 5.91 Å². The van der Waals surface area contributed by atoms with Gasteiger partial charge in [-0.2, -0.15) is 0 Å². The highest BCUT2D eigenvalue weighted by Crippen LogP contribution is 2.31. The quantitative estimate of drug-likeness (QED) is 0.400. The Morgan fingerprint density at radius 1 is 0.929 bits per heavy atom. The Morgan fingerprint density at radius 2 is 1.76 bits per heavy atom. The number of nitrogens with one attached hydrogen (secondary N) is 2. The van der Waals surface area contributed by atoms with E-state index in [-0.39, 0.29) is 36.9 Å². The molecule has 0 aromatic heterocycles. The molecule has 0 bridgehead atoms. The van der Waals surface area contributed by atoms with Crippen LogP contribution in [0.25, 0.3) is 0 Å². The lowest BCUT2D eigenvalue weighted by molar-refractivity contribution is -0.136. The van der Waals surface area contributed by atoms with E-state index in [4.69, 9.17) is 4.74 Å². The highest BCUT2D eigenvalue weighted by Gasteiger charge is 2.39. The van der Waals surface area contributed by atoms with Crippen molar-refractivity contribution in [3.8, 4) is 5.75 Å². The van der Waals surface area contributed by atoms with E-state index in [1.54, 1.807) is 18.2 Å². The fourth-order valence-electron chi connectivity index (χ4n) is 6.02. The van der Waals surface area contributed by atoms with E-state index in [1.165, 1.54) is 11.0 Å². The fraction of sp³-hybridized carbons (Fsp3) is 0.344. The molecule has 3 aliphatic rings. The first-order valence-corrected chi connectivity index (χ1v) is 14.2. The minimum Gasteiger partial charge on any atom is -0.487 e. The molecule has 3 atom stereocenters. The molecule has 3 unspecified atom stereocenters. The first-order chi connectivity index (χ1) is 20.3. The maximum absolute atomic E-state index is 13.9. The summed E-state index contributed by atoms with van der Waals surface area (Å²) in [4.78, 5) is 40.8. The van der Waals surface area contributed by atoms with Gasteiger partial charge in [0.15, 0.2) is 11.6 Å². The van der Waals surface area contributed by atoms with Gasteiger partial charge in [0, 0.05) is 50.7 Å². The van der Waals surface area contributed by atoms with Gasteiger partial charge in [0.2, 0.25) is 11.8 Å². The molecule has 3 amide bonds. The Bertz CT molecular complexity index is 1500. The fourth-order valence-corrected chi connectivity index (χ4v) is 6.02. The van der Waals surface area contributed by atoms with Crippen LogP contribution >= 0.6 is 0 Å². The molecule has 0 spiro atoms. The second-order valence-electron chi connectivity index (χ2n) is 11.1. The zero-order valence-corrected chi connectivity index (χ0v) is 23.0. The minimum atomic E-state index is -0.866. The number of hydrogen-bond donors (Lipinski definition) is 2. The number of hydrogen-bond acceptors (Lipinski definition) is 6. The molecular formula is C32H32F2N4O4. The molecule has 2 N–H and O–H groups in total. The molecule has 42 heavy (non-hydrogen) atoms. The third-order valence-electron chi connectivity index (χ3n) is 8.23. The van der Waals surface area contributed by atoms with Crippen molar-refractivity contribution in [3.63, 3.8) is 0 Å². The summed E-state index contributed by atoms with van der Waals surface area (Å²) in [6.45, 7) is 2.71. The minimum absolute atomic E-state index is 0.0290. The standard InChI is InChI=1S/C32H32F2N4O4/c33-25-9-6-21(14-26(25)34)17-37-13-12-27(35-16-20-4-2-1-3-5-20)29(19-37)42-23-7-8-24-22(15-23)18-38(32(24)41)28-10-11-30(39)36-31(28)40/h1-9,14-15,27-29,35H,10-13,16-19H2,(H,36,39,40). The highest BCUT2D eigenvalue weighted by atomic mass is 19.2. The number of nitrogens with zero attached hydrogens (tertiary/aromatic N) is 2. The van der Waals surface area contributed by atoms with Gasteiger partial charge in [0.1, 0.15) is 17.9 Å². The Hall–Kier alpha value is -4.15. The number of imide groups is 1. The number of halogens is 2. The smallest absolute Gasteiger partial charge is 0.255 e. The van der Waals surface area contributed by atoms with Crippen molar-refractivity contribution >= 4 is 17.7 Å². The van der Waals surface area contributed by atoms with Crippen LogP contribution in [0.4, 0.5) is 8.78 Å². The van der Waals surface area contributed by atoms with Gasteiger partial charge in [-0.3, -0.25) is 24.6 Å². The summed E-state index contributed by atoms with van der Waals surface area (Å²) in [5, 5.41) is 5.96. The van der Waals surface area contributed by atoms with Gasteiger partial charge in [-0.05, 0) is 59.9 Å². The van der Waals surface area contributed by atoms with Crippen molar-refractivity contribution in [2.24, 2.45) is 0 Å². The molecule has 0 aliphatic carbocycles. The van der Waals surface area contributed by atoms with E-state index in [9.17, 15) is 23.2 Å². The van der Waals surface area contributed by atoms with Crippen molar-refractivity contribution in [1.29, 1.82) is 0 Å². The average Bonchev–Trinajstić information content (AvgIpc) is 3.30. The number of carbonyl (C=O) groups excluding carboxylic acids is 3. The average molecular weight is 575 g/mol. The lowest BCUT2D eigenvalue weighted by Crippen LogP contribution is -2.54. The van der Waals surface area contributed by atoms with Gasteiger partial charge in [0.05, 0.1) is 0 Å². The second kappa shape index (κ2) is 12.0. The number of fused-ring (bicyclic) bond motifs is 1. The number of rotatable bonds is 8. The van der Waals surface area contributed by atoms with Crippen molar-refractivity contribution in [2.45, 2.75) is 57.1 Å². The first-order valence-electron chi connectivity index (χ1n) is 14.2. The molecule has 3 heterocycles. The van der Waals surface area contributed by atoms with Crippen LogP contribution < -0.4 is 15.4 Å². The monoisotopic (exact) mass is 574 g/mol. The third-order valence-corrected chi connectivity index (χ3v) is 8.23. The van der Waals surface area contributed by atoms with E-state index >= 15 is 0 Å². The first kappa shape index (κ1) is 28.0. The molecule has 3 aromatic rings. The van der Waals surface area contributed by atoms with Crippen LogP contribution in [0, 0.1) is 11.6 Å². The molecule has 2 saturated heterocycles. The van der Waals surface area contributed by atoms with E-state index in [0.717, 1.165) is 30.2 Å². The zero-order chi connectivity index (χ0) is 29.2. The van der Waals surface area contributed by atoms with Crippen LogP contribution in [0.3, 0.4) is 0 Å². The van der Waals surface area contributed by atoms with E-state index in [1.807, 2.05) is 24.3 Å². The van der Waals surface area contributed by atoms with Crippen LogP contribution in [-0.2, 0) is 29.2 Å². The summed E-state index contributed by atoms with van der Waals surface area (Å²) in [6, 6.07) is 18.8. The number of amides is 3. The van der Waals surface area contributed by atoms with Gasteiger partial charge >= 0.3 is 0 Å². The van der Waals surface area contributed by atoms with Gasteiger partial charge in [-0.1, -0.05) is 36.4 Å². The Labute approximate surface area is 242 Å². The SMILES string of the molecule is O=C1CCC(N2Cc3cc(OC4CN(Cc5ccc(F)c(F)c5)CCC4NCc4ccccc4)ccc3C2=O)C(=O)N1. The zero-order valence-electron chi connectivity index (χ0n) is 23.0. The molecule has 2 fully saturated rings. The van der Waals surface area contributed by atoms with Crippen molar-refractivity contribution in [2.75, 3.05) is 13.1 Å². The Morgan fingerprint density at radius 3 is 2.55 bits per heavy atom. The van der Waals surface area contributed by atoms with Crippen molar-refractivity contribution in [1.82, 2.24) is 20.4 Å². The highest BCUT2D eigenvalue weighted by molar-refractivity contribution is 6.05. The molecule has 3 aromatic carbocycles. The molecular weight excluding hydrogens is 542 g/mol. The summed E-state index contributed by atoms with van der Waals surface area (Å²) in [7, 11) is 0. The Kier molecular flexibility index (Phi) is 7.99. The second-order valence-corrected chi connectivity index (χ2v) is 11.1. The summed E-state index contributed by atoms with van der Waals surface area (Å²) in [5.41, 5.74) is 3.14. The van der Waals surface area contributed by atoms with Gasteiger partial charge < -0.3 is 15.0 Å². The normalized spacial score (nSPS) is 22.7. The molecule has 0 radical (unpaired) electrons. The third kappa shape index (κ3) is 6.05. The molecule has 0 saturated carbocycles. The predicted molar refractivity (Wildman–Crippen MR) is 150 cm³/mol. The van der Waals surface area contributed by atoms with Crippen LogP contribution in [0.1, 0.15) is 46.3 Å². The number of piperidine rings is 2.